The number of piperidine rings is 1. The Kier molecular flexibility index (Phi) is 4.40. The van der Waals surface area contributed by atoms with Crippen molar-refractivity contribution in [1.29, 1.82) is 0 Å². The lowest BCUT2D eigenvalue weighted by Crippen LogP contribution is -2.31. The summed E-state index contributed by atoms with van der Waals surface area (Å²) in [7, 11) is 4.17. The Morgan fingerprint density at radius 2 is 1.94 bits per heavy atom. The number of pyridine rings is 1. The molecule has 0 saturated carbocycles. The maximum Gasteiger partial charge on any atom is 0.106 e. The van der Waals surface area contributed by atoms with Crippen molar-refractivity contribution < 1.29 is 0 Å². The number of anilines is 1. The average Bonchev–Trinajstić information content (AvgIpc) is 2.29. The zero-order valence-electron chi connectivity index (χ0n) is 10.6. The predicted octanol–water partition coefficient (Wildman–Crippen LogP) is 2.90. The number of aromatic nitrogens is 1. The first-order valence-corrected chi connectivity index (χ1v) is 7.01. The van der Waals surface area contributed by atoms with E-state index >= 15 is 0 Å². The van der Waals surface area contributed by atoms with Crippen LogP contribution in [0.3, 0.4) is 0 Å². The number of rotatable bonds is 3. The quantitative estimate of drug-likeness (QED) is 0.800. The first-order valence-electron chi connectivity index (χ1n) is 6.22. The third-order valence-corrected chi connectivity index (χ3v) is 3.52. The Morgan fingerprint density at radius 3 is 2.59 bits per heavy atom. The van der Waals surface area contributed by atoms with Crippen LogP contribution in [0.5, 0.6) is 0 Å². The molecule has 2 heterocycles. The Balaban J connectivity index is 2.24. The van der Waals surface area contributed by atoms with E-state index in [4.69, 9.17) is 0 Å². The second kappa shape index (κ2) is 5.83. The van der Waals surface area contributed by atoms with Gasteiger partial charge in [-0.3, -0.25) is 0 Å². The molecule has 1 aromatic rings. The Labute approximate surface area is 112 Å². The normalized spacial score (nSPS) is 16.6. The van der Waals surface area contributed by atoms with Gasteiger partial charge < -0.3 is 9.80 Å². The molecule has 0 radical (unpaired) electrons. The molecule has 4 heteroatoms. The van der Waals surface area contributed by atoms with Crippen LogP contribution in [-0.2, 0) is 6.54 Å². The molecular formula is C13H20BrN3. The summed E-state index contributed by atoms with van der Waals surface area (Å²) < 4.78 is 0.926. The summed E-state index contributed by atoms with van der Waals surface area (Å²) in [5.41, 5.74) is 2.48. The van der Waals surface area contributed by atoms with E-state index in [1.807, 2.05) is 6.07 Å². The molecule has 2 rings (SSSR count). The van der Waals surface area contributed by atoms with Crippen molar-refractivity contribution in [3.8, 4) is 0 Å². The van der Waals surface area contributed by atoms with Crippen LogP contribution in [0.15, 0.2) is 16.7 Å². The summed E-state index contributed by atoms with van der Waals surface area (Å²) in [6.45, 7) is 3.23. The fourth-order valence-corrected chi connectivity index (χ4v) is 2.65. The van der Waals surface area contributed by atoms with E-state index in [-0.39, 0.29) is 0 Å². The van der Waals surface area contributed by atoms with Gasteiger partial charge in [0.1, 0.15) is 4.60 Å². The van der Waals surface area contributed by atoms with Crippen molar-refractivity contribution in [2.45, 2.75) is 25.8 Å². The number of hydrogen-bond donors (Lipinski definition) is 0. The van der Waals surface area contributed by atoms with E-state index in [0.29, 0.717) is 0 Å². The maximum atomic E-state index is 4.62. The fraction of sp³-hybridized carbons (Fsp3) is 0.615. The van der Waals surface area contributed by atoms with Gasteiger partial charge in [-0.05, 0) is 61.4 Å². The molecule has 94 valence electrons. The zero-order chi connectivity index (χ0) is 12.3. The van der Waals surface area contributed by atoms with Gasteiger partial charge in [0.2, 0.25) is 0 Å². The lowest BCUT2D eigenvalue weighted by molar-refractivity contribution is 0.396. The highest BCUT2D eigenvalue weighted by atomic mass is 79.9. The number of hydrogen-bond acceptors (Lipinski definition) is 3. The molecular weight excluding hydrogens is 278 g/mol. The van der Waals surface area contributed by atoms with E-state index in [2.05, 4.69) is 50.9 Å². The van der Waals surface area contributed by atoms with Crippen LogP contribution in [0.1, 0.15) is 25.0 Å². The van der Waals surface area contributed by atoms with E-state index < -0.39 is 0 Å². The Hall–Kier alpha value is -0.610. The van der Waals surface area contributed by atoms with Crippen molar-refractivity contribution >= 4 is 21.6 Å². The monoisotopic (exact) mass is 297 g/mol. The minimum atomic E-state index is 0.894. The first-order chi connectivity index (χ1) is 8.16. The van der Waals surface area contributed by atoms with E-state index in [0.717, 1.165) is 11.1 Å². The van der Waals surface area contributed by atoms with E-state index in [9.17, 15) is 0 Å². The molecule has 1 saturated heterocycles. The van der Waals surface area contributed by atoms with Crippen LogP contribution >= 0.6 is 15.9 Å². The minimum absolute atomic E-state index is 0.894. The molecule has 0 aromatic carbocycles. The van der Waals surface area contributed by atoms with Gasteiger partial charge in [-0.2, -0.15) is 0 Å². The van der Waals surface area contributed by atoms with Crippen LogP contribution in [0.25, 0.3) is 0 Å². The summed E-state index contributed by atoms with van der Waals surface area (Å²) >= 11 is 3.46. The Morgan fingerprint density at radius 1 is 1.24 bits per heavy atom. The molecule has 3 nitrogen and oxygen atoms in total. The summed E-state index contributed by atoms with van der Waals surface area (Å²) in [6, 6.07) is 4.24. The lowest BCUT2D eigenvalue weighted by atomic mass is 10.1. The largest absolute Gasteiger partial charge is 0.370 e. The van der Waals surface area contributed by atoms with Crippen LogP contribution in [0, 0.1) is 0 Å². The maximum absolute atomic E-state index is 4.62. The van der Waals surface area contributed by atoms with Gasteiger partial charge in [-0.25, -0.2) is 4.98 Å². The molecule has 1 fully saturated rings. The van der Waals surface area contributed by atoms with Gasteiger partial charge in [0.15, 0.2) is 0 Å². The molecule has 17 heavy (non-hydrogen) atoms. The average molecular weight is 298 g/mol. The van der Waals surface area contributed by atoms with Crippen molar-refractivity contribution in [2.24, 2.45) is 0 Å². The second-order valence-electron chi connectivity index (χ2n) is 4.89. The van der Waals surface area contributed by atoms with Gasteiger partial charge in [0.05, 0.1) is 11.4 Å². The van der Waals surface area contributed by atoms with E-state index in [1.54, 1.807) is 0 Å². The van der Waals surface area contributed by atoms with Gasteiger partial charge in [0, 0.05) is 19.6 Å². The van der Waals surface area contributed by atoms with Crippen LogP contribution in [0.4, 0.5) is 5.69 Å². The van der Waals surface area contributed by atoms with Gasteiger partial charge in [-0.1, -0.05) is 0 Å². The topological polar surface area (TPSA) is 19.4 Å². The van der Waals surface area contributed by atoms with Crippen LogP contribution in [0.2, 0.25) is 0 Å². The van der Waals surface area contributed by atoms with Crippen molar-refractivity contribution in [1.82, 2.24) is 9.88 Å². The molecule has 0 aliphatic carbocycles. The molecule has 1 aliphatic rings. The SMILES string of the molecule is CN(C)Cc1nc(Br)ccc1N1CCCCC1. The van der Waals surface area contributed by atoms with Crippen molar-refractivity contribution in [3.63, 3.8) is 0 Å². The molecule has 0 spiro atoms. The molecule has 0 atom stereocenters. The number of halogens is 1. The van der Waals surface area contributed by atoms with Crippen LogP contribution < -0.4 is 4.90 Å². The van der Waals surface area contributed by atoms with Gasteiger partial charge >= 0.3 is 0 Å². The molecule has 0 unspecified atom stereocenters. The van der Waals surface area contributed by atoms with Gasteiger partial charge in [-0.15, -0.1) is 0 Å². The third-order valence-electron chi connectivity index (χ3n) is 3.08. The molecule has 0 bridgehead atoms. The molecule has 1 aliphatic heterocycles. The summed E-state index contributed by atoms with van der Waals surface area (Å²) in [4.78, 5) is 9.26. The predicted molar refractivity (Wildman–Crippen MR) is 75.4 cm³/mol. The zero-order valence-corrected chi connectivity index (χ0v) is 12.2. The molecule has 1 aromatic heterocycles. The van der Waals surface area contributed by atoms with Crippen molar-refractivity contribution in [2.75, 3.05) is 32.1 Å². The smallest absolute Gasteiger partial charge is 0.106 e. The summed E-state index contributed by atoms with van der Waals surface area (Å²) in [5, 5.41) is 0. The fourth-order valence-electron chi connectivity index (χ4n) is 2.31. The lowest BCUT2D eigenvalue weighted by Gasteiger charge is -2.30. The molecule has 0 N–H and O–H groups in total. The highest BCUT2D eigenvalue weighted by Gasteiger charge is 2.15. The highest BCUT2D eigenvalue weighted by Crippen LogP contribution is 2.25. The van der Waals surface area contributed by atoms with Gasteiger partial charge in [0.25, 0.3) is 0 Å². The summed E-state index contributed by atoms with van der Waals surface area (Å²) in [5.74, 6) is 0. The first kappa shape index (κ1) is 12.8. The second-order valence-corrected chi connectivity index (χ2v) is 5.70. The molecule has 0 amide bonds. The Bertz CT molecular complexity index is 373. The standard InChI is InChI=1S/C13H20BrN3/c1-16(2)10-11-12(6-7-13(14)15-11)17-8-4-3-5-9-17/h6-7H,3-5,8-10H2,1-2H3. The third kappa shape index (κ3) is 3.42. The van der Waals surface area contributed by atoms with Crippen molar-refractivity contribution in [3.05, 3.63) is 22.4 Å². The highest BCUT2D eigenvalue weighted by molar-refractivity contribution is 9.10. The number of nitrogens with zero attached hydrogens (tertiary/aromatic N) is 3. The summed E-state index contributed by atoms with van der Waals surface area (Å²) in [6.07, 6.45) is 3.97. The van der Waals surface area contributed by atoms with Crippen LogP contribution in [-0.4, -0.2) is 37.1 Å². The minimum Gasteiger partial charge on any atom is -0.370 e. The van der Waals surface area contributed by atoms with E-state index in [1.165, 1.54) is 43.7 Å².